The second-order valence-corrected chi connectivity index (χ2v) is 6.70. The average Bonchev–Trinajstić information content (AvgIpc) is 3.14. The molecule has 1 N–H and O–H groups in total. The molecular weight excluding hydrogens is 378 g/mol. The number of hydrogen-bond donors (Lipinski definition) is 1. The zero-order valence-electron chi connectivity index (χ0n) is 15.2. The molecule has 9 heteroatoms. The fourth-order valence-corrected chi connectivity index (χ4v) is 3.20. The van der Waals surface area contributed by atoms with Gasteiger partial charge in [0.05, 0.1) is 19.4 Å². The number of carbonyl (C=O) groups is 2. The van der Waals surface area contributed by atoms with Crippen LogP contribution in [0.25, 0.3) is 11.4 Å². The van der Waals surface area contributed by atoms with E-state index >= 15 is 0 Å². The number of hydrogen-bond acceptors (Lipinski definition) is 7. The standard InChI is InChI=1S/C19H19N5O3S/c1-27-17(26)11-21-16(25)13-28-19-23-22-18(15-8-5-9-20-10-15)24(19)12-14-6-3-2-4-7-14/h2-10H,11-13H2,1H3,(H,21,25). The van der Waals surface area contributed by atoms with Crippen LogP contribution in [0.3, 0.4) is 0 Å². The summed E-state index contributed by atoms with van der Waals surface area (Å²) in [6, 6.07) is 13.7. The van der Waals surface area contributed by atoms with Crippen molar-refractivity contribution in [2.75, 3.05) is 19.4 Å². The number of nitrogens with zero attached hydrogens (tertiary/aromatic N) is 4. The summed E-state index contributed by atoms with van der Waals surface area (Å²) in [5.74, 6) is 0.00297. The number of pyridine rings is 1. The summed E-state index contributed by atoms with van der Waals surface area (Å²) < 4.78 is 6.46. The minimum atomic E-state index is -0.496. The van der Waals surface area contributed by atoms with Crippen molar-refractivity contribution in [1.82, 2.24) is 25.1 Å². The number of esters is 1. The Morgan fingerprint density at radius 1 is 1.14 bits per heavy atom. The molecule has 8 nitrogen and oxygen atoms in total. The van der Waals surface area contributed by atoms with E-state index in [1.54, 1.807) is 12.4 Å². The summed E-state index contributed by atoms with van der Waals surface area (Å²) in [6.45, 7) is 0.401. The normalized spacial score (nSPS) is 10.5. The number of nitrogens with one attached hydrogen (secondary N) is 1. The average molecular weight is 397 g/mol. The second-order valence-electron chi connectivity index (χ2n) is 5.76. The van der Waals surface area contributed by atoms with Gasteiger partial charge in [-0.05, 0) is 17.7 Å². The van der Waals surface area contributed by atoms with Crippen LogP contribution in [0, 0.1) is 0 Å². The Kier molecular flexibility index (Phi) is 6.74. The predicted octanol–water partition coefficient (Wildman–Crippen LogP) is 1.77. The summed E-state index contributed by atoms with van der Waals surface area (Å²) in [4.78, 5) is 27.3. The number of benzene rings is 1. The highest BCUT2D eigenvalue weighted by atomic mass is 32.2. The Balaban J connectivity index is 1.78. The van der Waals surface area contributed by atoms with Gasteiger partial charge in [-0.1, -0.05) is 42.1 Å². The Labute approximate surface area is 166 Å². The maximum Gasteiger partial charge on any atom is 0.325 e. The van der Waals surface area contributed by atoms with Crippen LogP contribution < -0.4 is 5.32 Å². The topological polar surface area (TPSA) is 99.0 Å². The minimum absolute atomic E-state index is 0.108. The van der Waals surface area contributed by atoms with Crippen LogP contribution in [0.15, 0.2) is 60.0 Å². The molecule has 0 aliphatic carbocycles. The first-order valence-corrected chi connectivity index (χ1v) is 9.49. The van der Waals surface area contributed by atoms with Crippen molar-refractivity contribution >= 4 is 23.6 Å². The van der Waals surface area contributed by atoms with E-state index in [1.165, 1.54) is 18.9 Å². The van der Waals surface area contributed by atoms with Crippen molar-refractivity contribution in [2.24, 2.45) is 0 Å². The molecule has 1 aromatic carbocycles. The Bertz CT molecular complexity index is 931. The fourth-order valence-electron chi connectivity index (χ4n) is 2.44. The Hall–Kier alpha value is -3.20. The molecule has 2 heterocycles. The van der Waals surface area contributed by atoms with Crippen LogP contribution in [-0.2, 0) is 20.9 Å². The fraction of sp³-hybridized carbons (Fsp3) is 0.211. The minimum Gasteiger partial charge on any atom is -0.468 e. The van der Waals surface area contributed by atoms with E-state index < -0.39 is 5.97 Å². The summed E-state index contributed by atoms with van der Waals surface area (Å²) >= 11 is 1.25. The molecule has 0 bridgehead atoms. The predicted molar refractivity (Wildman–Crippen MR) is 105 cm³/mol. The van der Waals surface area contributed by atoms with Gasteiger partial charge in [-0.15, -0.1) is 10.2 Å². The third-order valence-electron chi connectivity index (χ3n) is 3.81. The lowest BCUT2D eigenvalue weighted by atomic mass is 10.2. The molecule has 0 fully saturated rings. The molecular formula is C19H19N5O3S. The highest BCUT2D eigenvalue weighted by Gasteiger charge is 2.16. The van der Waals surface area contributed by atoms with E-state index in [0.717, 1.165) is 11.1 Å². The van der Waals surface area contributed by atoms with Crippen molar-refractivity contribution in [3.63, 3.8) is 0 Å². The number of ether oxygens (including phenoxy) is 1. The maximum absolute atomic E-state index is 12.0. The smallest absolute Gasteiger partial charge is 0.325 e. The summed E-state index contributed by atoms with van der Waals surface area (Å²) in [5.41, 5.74) is 1.93. The van der Waals surface area contributed by atoms with Crippen molar-refractivity contribution in [3.05, 3.63) is 60.4 Å². The number of methoxy groups -OCH3 is 1. The van der Waals surface area contributed by atoms with Gasteiger partial charge < -0.3 is 10.1 Å². The lowest BCUT2D eigenvalue weighted by Gasteiger charge is -2.10. The largest absolute Gasteiger partial charge is 0.468 e. The molecule has 0 radical (unpaired) electrons. The van der Waals surface area contributed by atoms with Gasteiger partial charge in [0.15, 0.2) is 11.0 Å². The van der Waals surface area contributed by atoms with E-state index in [2.05, 4.69) is 25.2 Å². The monoisotopic (exact) mass is 397 g/mol. The summed E-state index contributed by atoms with van der Waals surface area (Å²) in [7, 11) is 1.27. The van der Waals surface area contributed by atoms with E-state index in [0.29, 0.717) is 17.5 Å². The van der Waals surface area contributed by atoms with Gasteiger partial charge in [-0.3, -0.25) is 19.1 Å². The summed E-state index contributed by atoms with van der Waals surface area (Å²) in [6.07, 6.45) is 3.42. The van der Waals surface area contributed by atoms with Gasteiger partial charge in [0.2, 0.25) is 5.91 Å². The van der Waals surface area contributed by atoms with E-state index in [4.69, 9.17) is 0 Å². The second kappa shape index (κ2) is 9.65. The van der Waals surface area contributed by atoms with Gasteiger partial charge in [0.25, 0.3) is 0 Å². The number of aromatic nitrogens is 4. The van der Waals surface area contributed by atoms with Gasteiger partial charge >= 0.3 is 5.97 Å². The van der Waals surface area contributed by atoms with Crippen LogP contribution in [0.4, 0.5) is 0 Å². The molecule has 3 aromatic rings. The Morgan fingerprint density at radius 3 is 2.68 bits per heavy atom. The quantitative estimate of drug-likeness (QED) is 0.457. The maximum atomic E-state index is 12.0. The third kappa shape index (κ3) is 5.17. The number of rotatable bonds is 8. The molecule has 0 spiro atoms. The molecule has 2 aromatic heterocycles. The molecule has 0 aliphatic rings. The van der Waals surface area contributed by atoms with Gasteiger partial charge in [-0.25, -0.2) is 0 Å². The first-order valence-electron chi connectivity index (χ1n) is 8.51. The molecule has 0 saturated heterocycles. The molecule has 0 saturated carbocycles. The molecule has 3 rings (SSSR count). The highest BCUT2D eigenvalue weighted by molar-refractivity contribution is 7.99. The van der Waals surface area contributed by atoms with Gasteiger partial charge in [0.1, 0.15) is 6.54 Å². The van der Waals surface area contributed by atoms with Crippen molar-refractivity contribution in [3.8, 4) is 11.4 Å². The first kappa shape index (κ1) is 19.6. The van der Waals surface area contributed by atoms with Crippen LogP contribution in [0.5, 0.6) is 0 Å². The van der Waals surface area contributed by atoms with Crippen molar-refractivity contribution in [1.29, 1.82) is 0 Å². The SMILES string of the molecule is COC(=O)CNC(=O)CSc1nnc(-c2cccnc2)n1Cc1ccccc1. The molecule has 0 unspecified atom stereocenters. The lowest BCUT2D eigenvalue weighted by Crippen LogP contribution is -2.31. The molecule has 0 atom stereocenters. The zero-order chi connectivity index (χ0) is 19.8. The van der Waals surface area contributed by atoms with Crippen LogP contribution in [0.2, 0.25) is 0 Å². The van der Waals surface area contributed by atoms with Crippen molar-refractivity contribution in [2.45, 2.75) is 11.7 Å². The Morgan fingerprint density at radius 2 is 1.96 bits per heavy atom. The lowest BCUT2D eigenvalue weighted by molar-refractivity contribution is -0.140. The van der Waals surface area contributed by atoms with Gasteiger partial charge in [0, 0.05) is 18.0 Å². The highest BCUT2D eigenvalue weighted by Crippen LogP contribution is 2.24. The van der Waals surface area contributed by atoms with Gasteiger partial charge in [-0.2, -0.15) is 0 Å². The third-order valence-corrected chi connectivity index (χ3v) is 4.78. The first-order chi connectivity index (χ1) is 13.7. The summed E-state index contributed by atoms with van der Waals surface area (Å²) in [5, 5.41) is 11.7. The van der Waals surface area contributed by atoms with Crippen LogP contribution >= 0.6 is 11.8 Å². The molecule has 0 aliphatic heterocycles. The molecule has 1 amide bonds. The number of thioether (sulfide) groups is 1. The van der Waals surface area contributed by atoms with Crippen molar-refractivity contribution < 1.29 is 14.3 Å². The molecule has 28 heavy (non-hydrogen) atoms. The zero-order valence-corrected chi connectivity index (χ0v) is 16.1. The molecule has 144 valence electrons. The van der Waals surface area contributed by atoms with E-state index in [-0.39, 0.29) is 18.2 Å². The van der Waals surface area contributed by atoms with Crippen LogP contribution in [-0.4, -0.2) is 51.0 Å². The van der Waals surface area contributed by atoms with E-state index in [1.807, 2.05) is 47.0 Å². The number of carbonyl (C=O) groups excluding carboxylic acids is 2. The number of amides is 1. The van der Waals surface area contributed by atoms with E-state index in [9.17, 15) is 9.59 Å². The van der Waals surface area contributed by atoms with Crippen LogP contribution in [0.1, 0.15) is 5.56 Å².